The van der Waals surface area contributed by atoms with Gasteiger partial charge in [0.25, 0.3) is 0 Å². The third kappa shape index (κ3) is 4.30. The topological polar surface area (TPSA) is 35.5 Å². The first-order valence-corrected chi connectivity index (χ1v) is 8.03. The summed E-state index contributed by atoms with van der Waals surface area (Å²) in [7, 11) is 0. The Kier molecular flexibility index (Phi) is 6.13. The lowest BCUT2D eigenvalue weighted by Crippen LogP contribution is -2.25. The third-order valence-corrected chi connectivity index (χ3v) is 4.24. The molecule has 126 valence electrons. The molecule has 0 atom stereocenters. The van der Waals surface area contributed by atoms with Crippen LogP contribution in [0.1, 0.15) is 56.3 Å². The number of rotatable bonds is 5. The number of halogens is 2. The molecule has 1 aliphatic rings. The summed E-state index contributed by atoms with van der Waals surface area (Å²) in [5, 5.41) is 0. The summed E-state index contributed by atoms with van der Waals surface area (Å²) >= 11 is 0. The molecule has 1 fully saturated rings. The van der Waals surface area contributed by atoms with E-state index in [4.69, 9.17) is 9.47 Å². The summed E-state index contributed by atoms with van der Waals surface area (Å²) in [6, 6.07) is 2.42. The Morgan fingerprint density at radius 3 is 2.52 bits per heavy atom. The fourth-order valence-corrected chi connectivity index (χ4v) is 2.79. The SMILES string of the molecule is CC=COc1ccc(C(=O)OC2CCC(CC)CC2)c(F)c1F. The minimum absolute atomic E-state index is 0.216. The Morgan fingerprint density at radius 1 is 1.22 bits per heavy atom. The van der Waals surface area contributed by atoms with E-state index in [2.05, 4.69) is 6.92 Å². The molecular weight excluding hydrogens is 302 g/mol. The van der Waals surface area contributed by atoms with E-state index < -0.39 is 23.2 Å². The predicted molar refractivity (Wildman–Crippen MR) is 83.3 cm³/mol. The van der Waals surface area contributed by atoms with Gasteiger partial charge in [0.2, 0.25) is 5.82 Å². The molecule has 0 amide bonds. The van der Waals surface area contributed by atoms with E-state index in [1.807, 2.05) is 0 Å². The number of hydrogen-bond acceptors (Lipinski definition) is 3. The Morgan fingerprint density at radius 2 is 1.91 bits per heavy atom. The lowest BCUT2D eigenvalue weighted by molar-refractivity contribution is 0.0158. The first-order valence-electron chi connectivity index (χ1n) is 8.03. The molecular formula is C18H22F2O3. The molecule has 0 N–H and O–H groups in total. The highest BCUT2D eigenvalue weighted by atomic mass is 19.2. The zero-order valence-electron chi connectivity index (χ0n) is 13.5. The van der Waals surface area contributed by atoms with Crippen molar-refractivity contribution in [1.82, 2.24) is 0 Å². The van der Waals surface area contributed by atoms with Crippen molar-refractivity contribution in [2.24, 2.45) is 5.92 Å². The number of ether oxygens (including phenoxy) is 2. The van der Waals surface area contributed by atoms with E-state index in [0.717, 1.165) is 32.1 Å². The summed E-state index contributed by atoms with van der Waals surface area (Å²) in [6.07, 6.45) is 7.24. The summed E-state index contributed by atoms with van der Waals surface area (Å²) in [6.45, 7) is 3.83. The molecule has 23 heavy (non-hydrogen) atoms. The van der Waals surface area contributed by atoms with E-state index in [-0.39, 0.29) is 11.9 Å². The van der Waals surface area contributed by atoms with Crippen molar-refractivity contribution in [3.05, 3.63) is 41.7 Å². The van der Waals surface area contributed by atoms with Crippen molar-refractivity contribution in [2.45, 2.75) is 52.1 Å². The number of hydrogen-bond donors (Lipinski definition) is 0. The predicted octanol–water partition coefficient (Wildman–Crippen LogP) is 5.00. The van der Waals surface area contributed by atoms with Gasteiger partial charge in [-0.25, -0.2) is 9.18 Å². The second-order valence-electron chi connectivity index (χ2n) is 5.78. The molecule has 5 heteroatoms. The standard InChI is InChI=1S/C18H22F2O3/c1-3-11-22-15-10-9-14(16(19)17(15)20)18(21)23-13-7-5-12(4-2)6-8-13/h3,9-13H,4-8H2,1-2H3. The molecule has 0 radical (unpaired) electrons. The Labute approximate surface area is 135 Å². The van der Waals surface area contributed by atoms with Crippen LogP contribution in [-0.2, 0) is 4.74 Å². The minimum atomic E-state index is -1.24. The Balaban J connectivity index is 2.04. The normalized spacial score (nSPS) is 21.4. The third-order valence-electron chi connectivity index (χ3n) is 4.24. The summed E-state index contributed by atoms with van der Waals surface area (Å²) in [4.78, 5) is 12.1. The van der Waals surface area contributed by atoms with Crippen LogP contribution in [0.2, 0.25) is 0 Å². The molecule has 0 bridgehead atoms. The van der Waals surface area contributed by atoms with E-state index in [0.29, 0.717) is 5.92 Å². The summed E-state index contributed by atoms with van der Waals surface area (Å²) < 4.78 is 38.2. The molecule has 0 aromatic heterocycles. The van der Waals surface area contributed by atoms with Gasteiger partial charge in [-0.05, 0) is 50.7 Å². The molecule has 1 saturated carbocycles. The van der Waals surface area contributed by atoms with Crippen LogP contribution < -0.4 is 4.74 Å². The average molecular weight is 324 g/mol. The highest BCUT2D eigenvalue weighted by Gasteiger charge is 2.26. The average Bonchev–Trinajstić information content (AvgIpc) is 2.56. The molecule has 0 unspecified atom stereocenters. The van der Waals surface area contributed by atoms with Gasteiger partial charge in [0.1, 0.15) is 6.10 Å². The molecule has 3 nitrogen and oxygen atoms in total. The van der Waals surface area contributed by atoms with Crippen molar-refractivity contribution in [1.29, 1.82) is 0 Å². The Bertz CT molecular complexity index is 576. The lowest BCUT2D eigenvalue weighted by atomic mass is 9.86. The zero-order valence-corrected chi connectivity index (χ0v) is 13.5. The minimum Gasteiger partial charge on any atom is -0.462 e. The second kappa shape index (κ2) is 8.09. The van der Waals surface area contributed by atoms with Crippen LogP contribution in [0.5, 0.6) is 5.75 Å². The van der Waals surface area contributed by atoms with Crippen molar-refractivity contribution in [3.63, 3.8) is 0 Å². The van der Waals surface area contributed by atoms with Gasteiger partial charge in [-0.1, -0.05) is 19.4 Å². The van der Waals surface area contributed by atoms with Crippen molar-refractivity contribution >= 4 is 5.97 Å². The van der Waals surface area contributed by atoms with Gasteiger partial charge in [0.15, 0.2) is 11.6 Å². The number of carbonyl (C=O) groups excluding carboxylic acids is 1. The summed E-state index contributed by atoms with van der Waals surface area (Å²) in [5.41, 5.74) is -0.395. The van der Waals surface area contributed by atoms with Crippen LogP contribution >= 0.6 is 0 Å². The number of benzene rings is 1. The fraction of sp³-hybridized carbons (Fsp3) is 0.500. The van der Waals surface area contributed by atoms with Gasteiger partial charge in [-0.2, -0.15) is 4.39 Å². The molecule has 1 aromatic rings. The largest absolute Gasteiger partial charge is 0.462 e. The van der Waals surface area contributed by atoms with Crippen LogP contribution in [0.3, 0.4) is 0 Å². The Hall–Kier alpha value is -1.91. The van der Waals surface area contributed by atoms with Crippen LogP contribution in [0, 0.1) is 17.6 Å². The maximum absolute atomic E-state index is 14.0. The van der Waals surface area contributed by atoms with Gasteiger partial charge >= 0.3 is 5.97 Å². The van der Waals surface area contributed by atoms with Gasteiger partial charge in [-0.15, -0.1) is 0 Å². The highest BCUT2D eigenvalue weighted by Crippen LogP contribution is 2.29. The quantitative estimate of drug-likeness (QED) is 0.564. The van der Waals surface area contributed by atoms with Crippen molar-refractivity contribution < 1.29 is 23.0 Å². The van der Waals surface area contributed by atoms with E-state index in [1.54, 1.807) is 13.0 Å². The number of allylic oxidation sites excluding steroid dienone is 1. The molecule has 0 aliphatic heterocycles. The van der Waals surface area contributed by atoms with Gasteiger partial charge < -0.3 is 9.47 Å². The smallest absolute Gasteiger partial charge is 0.341 e. The van der Waals surface area contributed by atoms with Crippen LogP contribution in [0.4, 0.5) is 8.78 Å². The van der Waals surface area contributed by atoms with Gasteiger partial charge in [0.05, 0.1) is 11.8 Å². The summed E-state index contributed by atoms with van der Waals surface area (Å²) in [5.74, 6) is -2.84. The fourth-order valence-electron chi connectivity index (χ4n) is 2.79. The molecule has 0 spiro atoms. The molecule has 1 aromatic carbocycles. The van der Waals surface area contributed by atoms with Crippen LogP contribution in [0.25, 0.3) is 0 Å². The number of carbonyl (C=O) groups is 1. The first-order chi connectivity index (χ1) is 11.1. The van der Waals surface area contributed by atoms with Gasteiger partial charge in [-0.3, -0.25) is 0 Å². The molecule has 1 aliphatic carbocycles. The van der Waals surface area contributed by atoms with Crippen LogP contribution in [-0.4, -0.2) is 12.1 Å². The van der Waals surface area contributed by atoms with Gasteiger partial charge in [0, 0.05) is 0 Å². The second-order valence-corrected chi connectivity index (χ2v) is 5.78. The number of esters is 1. The maximum Gasteiger partial charge on any atom is 0.341 e. The first kappa shape index (κ1) is 17.4. The van der Waals surface area contributed by atoms with E-state index >= 15 is 0 Å². The highest BCUT2D eigenvalue weighted by molar-refractivity contribution is 5.90. The van der Waals surface area contributed by atoms with Crippen molar-refractivity contribution in [2.75, 3.05) is 0 Å². The zero-order chi connectivity index (χ0) is 16.8. The molecule has 0 saturated heterocycles. The maximum atomic E-state index is 14.0. The monoisotopic (exact) mass is 324 g/mol. The lowest BCUT2D eigenvalue weighted by Gasteiger charge is -2.27. The van der Waals surface area contributed by atoms with E-state index in [1.165, 1.54) is 18.4 Å². The van der Waals surface area contributed by atoms with Crippen LogP contribution in [0.15, 0.2) is 24.5 Å². The van der Waals surface area contributed by atoms with Crippen molar-refractivity contribution in [3.8, 4) is 5.75 Å². The molecule has 2 rings (SSSR count). The molecule has 0 heterocycles. The van der Waals surface area contributed by atoms with E-state index in [9.17, 15) is 13.6 Å².